The molecule has 1 rings (SSSR count). The van der Waals surface area contributed by atoms with Crippen molar-refractivity contribution in [3.05, 3.63) is 12.2 Å². The lowest BCUT2D eigenvalue weighted by atomic mass is 10.0. The molecule has 1 aliphatic heterocycles. The Kier molecular flexibility index (Phi) is 10.1. The molecule has 0 unspecified atom stereocenters. The van der Waals surface area contributed by atoms with Crippen LogP contribution in [-0.4, -0.2) is 29.2 Å². The van der Waals surface area contributed by atoms with E-state index in [0.29, 0.717) is 0 Å². The van der Waals surface area contributed by atoms with Gasteiger partial charge in [0.15, 0.2) is 5.79 Å². The number of rotatable bonds is 12. The maximum absolute atomic E-state index is 9.56. The van der Waals surface area contributed by atoms with Gasteiger partial charge in [0.2, 0.25) is 0 Å². The molecule has 1 heterocycles. The fraction of sp³-hybridized carbons (Fsp3) is 0.900. The maximum Gasteiger partial charge on any atom is 0.163 e. The molecule has 3 heteroatoms. The summed E-state index contributed by atoms with van der Waals surface area (Å²) in [7, 11) is 0. The second kappa shape index (κ2) is 11.2. The summed E-state index contributed by atoms with van der Waals surface area (Å²) in [6.07, 6.45) is 15.7. The number of allylic oxidation sites excluding steroid dienone is 1. The molecule has 0 radical (unpaired) electrons. The highest BCUT2D eigenvalue weighted by Gasteiger charge is 2.39. The van der Waals surface area contributed by atoms with Crippen molar-refractivity contribution in [2.45, 2.75) is 116 Å². The summed E-state index contributed by atoms with van der Waals surface area (Å²) in [4.78, 5) is 0. The van der Waals surface area contributed by atoms with Gasteiger partial charge in [0, 0.05) is 0 Å². The first-order chi connectivity index (χ1) is 11.0. The number of unbranched alkanes of at least 4 members (excludes halogenated alkanes) is 4. The molecule has 0 aromatic rings. The number of ether oxygens (including phenoxy) is 2. The summed E-state index contributed by atoms with van der Waals surface area (Å²) in [6, 6.07) is 0. The van der Waals surface area contributed by atoms with Crippen LogP contribution >= 0.6 is 0 Å². The minimum absolute atomic E-state index is 0.166. The van der Waals surface area contributed by atoms with Gasteiger partial charge in [0.25, 0.3) is 0 Å². The molecule has 0 saturated carbocycles. The van der Waals surface area contributed by atoms with Crippen LogP contribution in [0.25, 0.3) is 0 Å². The molecule has 0 amide bonds. The van der Waals surface area contributed by atoms with Gasteiger partial charge in [-0.3, -0.25) is 0 Å². The Labute approximate surface area is 143 Å². The summed E-state index contributed by atoms with van der Waals surface area (Å²) < 4.78 is 12.2. The SMILES string of the molecule is CCCCCCC[C@H]1OC(C)(C)O[C@@H]1C/C=C/CC[C@H](O)CC. The molecule has 136 valence electrons. The highest BCUT2D eigenvalue weighted by Crippen LogP contribution is 2.33. The zero-order chi connectivity index (χ0) is 17.1. The molecule has 1 aliphatic rings. The van der Waals surface area contributed by atoms with Crippen LogP contribution in [0, 0.1) is 0 Å². The van der Waals surface area contributed by atoms with E-state index in [1.165, 1.54) is 32.1 Å². The van der Waals surface area contributed by atoms with Gasteiger partial charge >= 0.3 is 0 Å². The predicted octanol–water partition coefficient (Wildman–Crippen LogP) is 5.36. The highest BCUT2D eigenvalue weighted by atomic mass is 16.7. The minimum Gasteiger partial charge on any atom is -0.393 e. The third-order valence-electron chi connectivity index (χ3n) is 4.55. The lowest BCUT2D eigenvalue weighted by Crippen LogP contribution is -2.21. The number of aliphatic hydroxyl groups excluding tert-OH is 1. The molecule has 0 spiro atoms. The van der Waals surface area contributed by atoms with Gasteiger partial charge in [0.05, 0.1) is 18.3 Å². The Bertz CT molecular complexity index is 325. The molecule has 23 heavy (non-hydrogen) atoms. The number of hydrogen-bond acceptors (Lipinski definition) is 3. The van der Waals surface area contributed by atoms with Crippen LogP contribution < -0.4 is 0 Å². The Hall–Kier alpha value is -0.380. The van der Waals surface area contributed by atoms with Gasteiger partial charge < -0.3 is 14.6 Å². The van der Waals surface area contributed by atoms with Gasteiger partial charge in [-0.05, 0) is 46.0 Å². The van der Waals surface area contributed by atoms with E-state index in [2.05, 4.69) is 19.1 Å². The van der Waals surface area contributed by atoms with Gasteiger partial charge in [0.1, 0.15) is 0 Å². The van der Waals surface area contributed by atoms with Crippen molar-refractivity contribution < 1.29 is 14.6 Å². The molecule has 0 bridgehead atoms. The van der Waals surface area contributed by atoms with Crippen molar-refractivity contribution in [3.8, 4) is 0 Å². The Morgan fingerprint density at radius 1 is 1.00 bits per heavy atom. The summed E-state index contributed by atoms with van der Waals surface area (Å²) in [5, 5.41) is 9.56. The average molecular weight is 327 g/mol. The Balaban J connectivity index is 2.30. The van der Waals surface area contributed by atoms with Crippen molar-refractivity contribution >= 4 is 0 Å². The van der Waals surface area contributed by atoms with Gasteiger partial charge in [-0.2, -0.15) is 0 Å². The standard InChI is InChI=1S/C20H38O3/c1-5-7-8-9-12-15-18-19(23-20(3,4)22-18)16-13-10-11-14-17(21)6-2/h10,13,17-19,21H,5-9,11-12,14-16H2,1-4H3/b13-10+/t17-,18-,19-/m1/s1. The third-order valence-corrected chi connectivity index (χ3v) is 4.55. The van der Waals surface area contributed by atoms with E-state index < -0.39 is 5.79 Å². The maximum atomic E-state index is 9.56. The fourth-order valence-electron chi connectivity index (χ4n) is 3.14. The number of hydrogen-bond donors (Lipinski definition) is 1. The van der Waals surface area contributed by atoms with E-state index >= 15 is 0 Å². The van der Waals surface area contributed by atoms with Crippen LogP contribution in [0.4, 0.5) is 0 Å². The lowest BCUT2D eigenvalue weighted by molar-refractivity contribution is -0.146. The summed E-state index contributed by atoms with van der Waals surface area (Å²) in [5.41, 5.74) is 0. The molecule has 0 aromatic carbocycles. The Morgan fingerprint density at radius 2 is 1.70 bits per heavy atom. The molecule has 0 aliphatic carbocycles. The normalized spacial score (nSPS) is 25.3. The first-order valence-electron chi connectivity index (χ1n) is 9.67. The molecule has 0 aromatic heterocycles. The molecule has 3 atom stereocenters. The molecular formula is C20H38O3. The van der Waals surface area contributed by atoms with Crippen LogP contribution in [0.5, 0.6) is 0 Å². The largest absolute Gasteiger partial charge is 0.393 e. The molecule has 1 fully saturated rings. The van der Waals surface area contributed by atoms with Crippen LogP contribution in [0.2, 0.25) is 0 Å². The fourth-order valence-corrected chi connectivity index (χ4v) is 3.14. The van der Waals surface area contributed by atoms with E-state index in [1.54, 1.807) is 0 Å². The highest BCUT2D eigenvalue weighted by molar-refractivity contribution is 4.91. The van der Waals surface area contributed by atoms with Crippen LogP contribution in [0.3, 0.4) is 0 Å². The zero-order valence-corrected chi connectivity index (χ0v) is 15.7. The average Bonchev–Trinajstić information content (AvgIpc) is 2.80. The minimum atomic E-state index is -0.453. The van der Waals surface area contributed by atoms with Crippen LogP contribution in [-0.2, 0) is 9.47 Å². The molecule has 1 saturated heterocycles. The summed E-state index contributed by atoms with van der Waals surface area (Å²) in [5.74, 6) is -0.453. The number of aliphatic hydroxyl groups is 1. The smallest absolute Gasteiger partial charge is 0.163 e. The van der Waals surface area contributed by atoms with E-state index in [0.717, 1.165) is 32.1 Å². The molecular weight excluding hydrogens is 288 g/mol. The van der Waals surface area contributed by atoms with Crippen molar-refractivity contribution in [3.63, 3.8) is 0 Å². The quantitative estimate of drug-likeness (QED) is 0.387. The second-order valence-electron chi connectivity index (χ2n) is 7.26. The van der Waals surface area contributed by atoms with E-state index in [-0.39, 0.29) is 18.3 Å². The summed E-state index contributed by atoms with van der Waals surface area (Å²) >= 11 is 0. The molecule has 3 nitrogen and oxygen atoms in total. The van der Waals surface area contributed by atoms with Crippen molar-refractivity contribution in [2.75, 3.05) is 0 Å². The van der Waals surface area contributed by atoms with Gasteiger partial charge in [-0.1, -0.05) is 58.1 Å². The third kappa shape index (κ3) is 8.88. The lowest BCUT2D eigenvalue weighted by Gasteiger charge is -2.16. The van der Waals surface area contributed by atoms with Crippen LogP contribution in [0.15, 0.2) is 12.2 Å². The van der Waals surface area contributed by atoms with Gasteiger partial charge in [-0.25, -0.2) is 0 Å². The van der Waals surface area contributed by atoms with Crippen LogP contribution in [0.1, 0.15) is 91.9 Å². The van der Waals surface area contributed by atoms with E-state index in [9.17, 15) is 5.11 Å². The zero-order valence-electron chi connectivity index (χ0n) is 15.7. The molecule has 1 N–H and O–H groups in total. The summed E-state index contributed by atoms with van der Waals surface area (Å²) in [6.45, 7) is 8.29. The van der Waals surface area contributed by atoms with Crippen molar-refractivity contribution in [2.24, 2.45) is 0 Å². The van der Waals surface area contributed by atoms with Crippen molar-refractivity contribution in [1.29, 1.82) is 0 Å². The van der Waals surface area contributed by atoms with E-state index in [1.807, 2.05) is 20.8 Å². The first-order valence-corrected chi connectivity index (χ1v) is 9.67. The Morgan fingerprint density at radius 3 is 2.39 bits per heavy atom. The van der Waals surface area contributed by atoms with E-state index in [4.69, 9.17) is 9.47 Å². The second-order valence-corrected chi connectivity index (χ2v) is 7.26. The monoisotopic (exact) mass is 326 g/mol. The topological polar surface area (TPSA) is 38.7 Å². The van der Waals surface area contributed by atoms with Gasteiger partial charge in [-0.15, -0.1) is 0 Å². The predicted molar refractivity (Wildman–Crippen MR) is 96.5 cm³/mol. The van der Waals surface area contributed by atoms with Crippen molar-refractivity contribution in [1.82, 2.24) is 0 Å². The first kappa shape index (κ1) is 20.7.